The summed E-state index contributed by atoms with van der Waals surface area (Å²) >= 11 is 6.17. The molecule has 2 aromatic rings. The smallest absolute Gasteiger partial charge is 0.255 e. The third kappa shape index (κ3) is 3.66. The highest BCUT2D eigenvalue weighted by Gasteiger charge is 2.27. The molecule has 8 nitrogen and oxygen atoms in total. The number of hydrogen-bond acceptors (Lipinski definition) is 6. The highest BCUT2D eigenvalue weighted by Crippen LogP contribution is 2.33. The zero-order valence-corrected chi connectivity index (χ0v) is 16.3. The number of nitrogens with zero attached hydrogens (tertiary/aromatic N) is 1. The summed E-state index contributed by atoms with van der Waals surface area (Å²) in [4.78, 5) is 12.6. The predicted octanol–water partition coefficient (Wildman–Crippen LogP) is 2.34. The Bertz CT molecular complexity index is 1020. The summed E-state index contributed by atoms with van der Waals surface area (Å²) in [5.74, 6) is 0.594. The van der Waals surface area contributed by atoms with Gasteiger partial charge in [0.05, 0.1) is 28.8 Å². The van der Waals surface area contributed by atoms with Gasteiger partial charge >= 0.3 is 0 Å². The average molecular weight is 425 g/mol. The van der Waals surface area contributed by atoms with Crippen molar-refractivity contribution in [1.82, 2.24) is 4.31 Å². The van der Waals surface area contributed by atoms with E-state index in [1.165, 1.54) is 22.5 Å². The molecule has 4 rings (SSSR count). The molecule has 2 aromatic carbocycles. The van der Waals surface area contributed by atoms with Gasteiger partial charge in [0.15, 0.2) is 11.5 Å². The van der Waals surface area contributed by atoms with Gasteiger partial charge in [0.1, 0.15) is 0 Å². The number of hydrogen-bond donors (Lipinski definition) is 1. The number of benzene rings is 2. The molecule has 0 radical (unpaired) electrons. The number of anilines is 1. The molecule has 148 valence electrons. The van der Waals surface area contributed by atoms with Crippen LogP contribution in [-0.2, 0) is 14.8 Å². The minimum absolute atomic E-state index is 0.0554. The maximum atomic E-state index is 12.8. The molecule has 0 aliphatic carbocycles. The van der Waals surface area contributed by atoms with Crippen molar-refractivity contribution >= 4 is 33.2 Å². The number of halogens is 1. The monoisotopic (exact) mass is 424 g/mol. The van der Waals surface area contributed by atoms with Crippen LogP contribution in [0.3, 0.4) is 0 Å². The Morgan fingerprint density at radius 2 is 1.79 bits per heavy atom. The summed E-state index contributed by atoms with van der Waals surface area (Å²) in [6, 6.07) is 9.01. The van der Waals surface area contributed by atoms with Crippen molar-refractivity contribution in [3.8, 4) is 11.5 Å². The Kier molecular flexibility index (Phi) is 5.15. The van der Waals surface area contributed by atoms with E-state index in [4.69, 9.17) is 25.8 Å². The third-order valence-corrected chi connectivity index (χ3v) is 6.65. The summed E-state index contributed by atoms with van der Waals surface area (Å²) in [7, 11) is -3.70. The zero-order valence-electron chi connectivity index (χ0n) is 14.7. The van der Waals surface area contributed by atoms with Crippen LogP contribution in [0.15, 0.2) is 41.3 Å². The van der Waals surface area contributed by atoms with E-state index in [0.29, 0.717) is 30.3 Å². The molecule has 0 spiro atoms. The first-order valence-corrected chi connectivity index (χ1v) is 10.4. The molecule has 0 saturated carbocycles. The molecule has 1 fully saturated rings. The number of sulfonamides is 1. The number of morpholine rings is 1. The Morgan fingerprint density at radius 1 is 1.04 bits per heavy atom. The Labute approximate surface area is 167 Å². The van der Waals surface area contributed by atoms with Crippen LogP contribution in [0, 0.1) is 0 Å². The molecule has 0 atom stereocenters. The Balaban J connectivity index is 1.58. The third-order valence-electron chi connectivity index (χ3n) is 4.43. The van der Waals surface area contributed by atoms with E-state index in [1.807, 2.05) is 0 Å². The fourth-order valence-electron chi connectivity index (χ4n) is 2.93. The zero-order chi connectivity index (χ0) is 19.7. The van der Waals surface area contributed by atoms with Gasteiger partial charge in [-0.25, -0.2) is 8.42 Å². The van der Waals surface area contributed by atoms with Crippen molar-refractivity contribution in [3.05, 3.63) is 47.0 Å². The van der Waals surface area contributed by atoms with Crippen LogP contribution in [0.2, 0.25) is 5.02 Å². The van der Waals surface area contributed by atoms with Gasteiger partial charge in [-0.1, -0.05) is 11.6 Å². The number of amides is 1. The second kappa shape index (κ2) is 7.59. The second-order valence-electron chi connectivity index (χ2n) is 6.18. The molecule has 2 aliphatic rings. The minimum Gasteiger partial charge on any atom is -0.454 e. The summed E-state index contributed by atoms with van der Waals surface area (Å²) in [5, 5.41) is 2.89. The van der Waals surface area contributed by atoms with Crippen molar-refractivity contribution in [3.63, 3.8) is 0 Å². The van der Waals surface area contributed by atoms with Gasteiger partial charge < -0.3 is 19.5 Å². The van der Waals surface area contributed by atoms with Crippen LogP contribution in [0.1, 0.15) is 10.4 Å². The lowest BCUT2D eigenvalue weighted by Crippen LogP contribution is -2.40. The topological polar surface area (TPSA) is 94.2 Å². The van der Waals surface area contributed by atoms with E-state index in [-0.39, 0.29) is 35.5 Å². The quantitative estimate of drug-likeness (QED) is 0.809. The lowest BCUT2D eigenvalue weighted by Gasteiger charge is -2.26. The van der Waals surface area contributed by atoms with Crippen LogP contribution in [0.5, 0.6) is 11.5 Å². The molecule has 2 heterocycles. The minimum atomic E-state index is -3.70. The number of rotatable bonds is 4. The fourth-order valence-corrected chi connectivity index (χ4v) is 4.53. The first-order valence-electron chi connectivity index (χ1n) is 8.53. The first kappa shape index (κ1) is 19.0. The predicted molar refractivity (Wildman–Crippen MR) is 102 cm³/mol. The summed E-state index contributed by atoms with van der Waals surface area (Å²) in [6.45, 7) is 1.36. The van der Waals surface area contributed by atoms with Crippen LogP contribution in [0.4, 0.5) is 5.69 Å². The van der Waals surface area contributed by atoms with E-state index in [1.54, 1.807) is 18.2 Å². The molecule has 10 heteroatoms. The van der Waals surface area contributed by atoms with Crippen LogP contribution in [-0.4, -0.2) is 51.7 Å². The summed E-state index contributed by atoms with van der Waals surface area (Å²) < 4.78 is 42.7. The maximum absolute atomic E-state index is 12.8. The van der Waals surface area contributed by atoms with E-state index in [0.717, 1.165) is 0 Å². The van der Waals surface area contributed by atoms with Crippen molar-refractivity contribution < 1.29 is 27.4 Å². The van der Waals surface area contributed by atoms with Crippen LogP contribution >= 0.6 is 11.6 Å². The normalized spacial score (nSPS) is 16.8. The number of carbonyl (C=O) groups excluding carboxylic acids is 1. The molecular weight excluding hydrogens is 408 g/mol. The van der Waals surface area contributed by atoms with Crippen molar-refractivity contribution in [2.75, 3.05) is 38.4 Å². The van der Waals surface area contributed by atoms with Crippen LogP contribution < -0.4 is 14.8 Å². The number of nitrogens with one attached hydrogen (secondary N) is 1. The van der Waals surface area contributed by atoms with Crippen molar-refractivity contribution in [2.24, 2.45) is 0 Å². The maximum Gasteiger partial charge on any atom is 0.255 e. The van der Waals surface area contributed by atoms with Gasteiger partial charge in [-0.3, -0.25) is 4.79 Å². The molecular formula is C18H17ClN2O6S. The standard InChI is InChI=1S/C18H17ClN2O6S/c19-14-3-2-13(28(23,24)21-5-7-25-8-6-21)10-15(14)20-18(22)12-1-4-16-17(9-12)27-11-26-16/h1-4,9-10H,5-8,11H2,(H,20,22). The highest BCUT2D eigenvalue weighted by molar-refractivity contribution is 7.89. The highest BCUT2D eigenvalue weighted by atomic mass is 35.5. The fraction of sp³-hybridized carbons (Fsp3) is 0.278. The Morgan fingerprint density at radius 3 is 2.57 bits per heavy atom. The SMILES string of the molecule is O=C(Nc1cc(S(=O)(=O)N2CCOCC2)ccc1Cl)c1ccc2c(c1)OCO2. The lowest BCUT2D eigenvalue weighted by atomic mass is 10.2. The largest absolute Gasteiger partial charge is 0.454 e. The van der Waals surface area contributed by atoms with Gasteiger partial charge in [0.25, 0.3) is 5.91 Å². The lowest BCUT2D eigenvalue weighted by molar-refractivity contribution is 0.0730. The molecule has 1 N–H and O–H groups in total. The molecule has 2 aliphatic heterocycles. The van der Waals surface area contributed by atoms with Gasteiger partial charge in [-0.05, 0) is 36.4 Å². The summed E-state index contributed by atoms with van der Waals surface area (Å²) in [6.07, 6.45) is 0. The molecule has 1 saturated heterocycles. The van der Waals surface area contributed by atoms with E-state index in [9.17, 15) is 13.2 Å². The molecule has 0 aromatic heterocycles. The molecule has 1 amide bonds. The first-order chi connectivity index (χ1) is 13.4. The molecule has 28 heavy (non-hydrogen) atoms. The number of ether oxygens (including phenoxy) is 3. The van der Waals surface area contributed by atoms with Gasteiger partial charge in [-0.2, -0.15) is 4.31 Å². The average Bonchev–Trinajstić information content (AvgIpc) is 3.18. The van der Waals surface area contributed by atoms with Crippen molar-refractivity contribution in [2.45, 2.75) is 4.90 Å². The van der Waals surface area contributed by atoms with E-state index in [2.05, 4.69) is 5.32 Å². The van der Waals surface area contributed by atoms with Gasteiger partial charge in [0, 0.05) is 18.7 Å². The number of fused-ring (bicyclic) bond motifs is 1. The van der Waals surface area contributed by atoms with Gasteiger partial charge in [-0.15, -0.1) is 0 Å². The molecule has 0 bridgehead atoms. The van der Waals surface area contributed by atoms with Gasteiger partial charge in [0.2, 0.25) is 16.8 Å². The van der Waals surface area contributed by atoms with Crippen molar-refractivity contribution in [1.29, 1.82) is 0 Å². The summed E-state index contributed by atoms with van der Waals surface area (Å²) in [5.41, 5.74) is 0.542. The van der Waals surface area contributed by atoms with E-state index < -0.39 is 15.9 Å². The number of carbonyl (C=O) groups is 1. The van der Waals surface area contributed by atoms with Crippen LogP contribution in [0.25, 0.3) is 0 Å². The molecule has 0 unspecified atom stereocenters. The van der Waals surface area contributed by atoms with E-state index >= 15 is 0 Å². The second-order valence-corrected chi connectivity index (χ2v) is 8.53. The Hall–Kier alpha value is -2.33.